The Hall–Kier alpha value is -1.87. The van der Waals surface area contributed by atoms with E-state index in [1.165, 1.54) is 6.07 Å². The second kappa shape index (κ2) is 5.49. The molecule has 0 spiro atoms. The topological polar surface area (TPSA) is 12.4 Å². The number of allylic oxidation sites excluding steroid dienone is 2. The number of fused-ring (bicyclic) bond motifs is 1. The van der Waals surface area contributed by atoms with Crippen LogP contribution in [-0.4, -0.2) is 5.71 Å². The lowest BCUT2D eigenvalue weighted by molar-refractivity contribution is 0.624. The number of aliphatic imine (C=N–C) groups is 1. The van der Waals surface area contributed by atoms with Gasteiger partial charge in [0.1, 0.15) is 5.82 Å². The fraction of sp³-hybridized carbons (Fsp3) is 0.167. The van der Waals surface area contributed by atoms with E-state index in [0.29, 0.717) is 5.56 Å². The molecule has 0 radical (unpaired) electrons. The van der Waals surface area contributed by atoms with Gasteiger partial charge in [-0.1, -0.05) is 42.1 Å². The standard InChI is InChI=1S/C18H16FNS/c1-11-7-6-9-15(19)17(11)18-14-8-4-5-10-16(14)21-13(3)12(2)20-18/h4-10H,1-3H3. The van der Waals surface area contributed by atoms with Crippen LogP contribution < -0.4 is 0 Å². The molecule has 3 rings (SSSR count). The number of nitrogens with zero attached hydrogens (tertiary/aromatic N) is 1. The zero-order valence-electron chi connectivity index (χ0n) is 12.3. The van der Waals surface area contributed by atoms with Gasteiger partial charge in [-0.05, 0) is 38.5 Å². The molecule has 0 fully saturated rings. The minimum absolute atomic E-state index is 0.221. The molecule has 0 saturated carbocycles. The van der Waals surface area contributed by atoms with Gasteiger partial charge in [0, 0.05) is 26.6 Å². The van der Waals surface area contributed by atoms with Gasteiger partial charge < -0.3 is 0 Å². The first-order valence-electron chi connectivity index (χ1n) is 6.87. The lowest BCUT2D eigenvalue weighted by Crippen LogP contribution is -2.09. The molecule has 1 aliphatic rings. The minimum atomic E-state index is -0.221. The van der Waals surface area contributed by atoms with Crippen molar-refractivity contribution in [3.8, 4) is 0 Å². The van der Waals surface area contributed by atoms with E-state index in [1.54, 1.807) is 17.8 Å². The monoisotopic (exact) mass is 297 g/mol. The fourth-order valence-corrected chi connectivity index (χ4v) is 3.36. The van der Waals surface area contributed by atoms with Crippen molar-refractivity contribution >= 4 is 17.5 Å². The SMILES string of the molecule is CC1=C(C)Sc2ccccc2C(c2c(C)cccc2F)=N1. The molecule has 1 nitrogen and oxygen atoms in total. The Morgan fingerprint density at radius 2 is 1.71 bits per heavy atom. The van der Waals surface area contributed by atoms with Gasteiger partial charge in [-0.2, -0.15) is 0 Å². The lowest BCUT2D eigenvalue weighted by atomic mass is 9.97. The predicted octanol–water partition coefficient (Wildman–Crippen LogP) is 5.33. The second-order valence-electron chi connectivity index (χ2n) is 5.13. The molecular formula is C18H16FNS. The highest BCUT2D eigenvalue weighted by atomic mass is 32.2. The van der Waals surface area contributed by atoms with E-state index in [2.05, 4.69) is 13.0 Å². The summed E-state index contributed by atoms with van der Waals surface area (Å²) in [5.74, 6) is -0.221. The predicted molar refractivity (Wildman–Crippen MR) is 87.4 cm³/mol. The maximum Gasteiger partial charge on any atom is 0.132 e. The Kier molecular flexibility index (Phi) is 3.68. The lowest BCUT2D eigenvalue weighted by Gasteiger charge is -2.12. The van der Waals surface area contributed by atoms with E-state index in [9.17, 15) is 4.39 Å². The highest BCUT2D eigenvalue weighted by Gasteiger charge is 2.20. The Bertz CT molecular complexity index is 754. The van der Waals surface area contributed by atoms with Crippen molar-refractivity contribution in [2.45, 2.75) is 25.7 Å². The smallest absolute Gasteiger partial charge is 0.132 e. The molecule has 1 heterocycles. The van der Waals surface area contributed by atoms with Crippen molar-refractivity contribution in [1.82, 2.24) is 0 Å². The van der Waals surface area contributed by atoms with Gasteiger partial charge in [0.2, 0.25) is 0 Å². The molecule has 0 bridgehead atoms. The van der Waals surface area contributed by atoms with Crippen molar-refractivity contribution in [1.29, 1.82) is 0 Å². The highest BCUT2D eigenvalue weighted by Crippen LogP contribution is 2.36. The Morgan fingerprint density at radius 3 is 2.48 bits per heavy atom. The van der Waals surface area contributed by atoms with Crippen LogP contribution in [0.1, 0.15) is 30.5 Å². The van der Waals surface area contributed by atoms with E-state index in [4.69, 9.17) is 4.99 Å². The fourth-order valence-electron chi connectivity index (χ4n) is 2.42. The van der Waals surface area contributed by atoms with Gasteiger partial charge >= 0.3 is 0 Å². The summed E-state index contributed by atoms with van der Waals surface area (Å²) in [5.41, 5.74) is 4.16. The number of aryl methyl sites for hydroxylation is 1. The molecule has 3 heteroatoms. The average molecular weight is 297 g/mol. The van der Waals surface area contributed by atoms with Crippen molar-refractivity contribution in [3.05, 3.63) is 75.6 Å². The maximum absolute atomic E-state index is 14.4. The van der Waals surface area contributed by atoms with E-state index in [0.717, 1.165) is 32.3 Å². The summed E-state index contributed by atoms with van der Waals surface area (Å²) in [5, 5.41) is 0. The largest absolute Gasteiger partial charge is 0.252 e. The van der Waals surface area contributed by atoms with Crippen LogP contribution in [0.25, 0.3) is 0 Å². The Balaban J connectivity index is 2.32. The number of thioether (sulfide) groups is 1. The van der Waals surface area contributed by atoms with Gasteiger partial charge in [-0.3, -0.25) is 4.99 Å². The van der Waals surface area contributed by atoms with Gasteiger partial charge in [0.05, 0.1) is 5.71 Å². The van der Waals surface area contributed by atoms with Crippen LogP contribution in [0, 0.1) is 12.7 Å². The molecule has 0 aliphatic carbocycles. The van der Waals surface area contributed by atoms with Gasteiger partial charge in [-0.25, -0.2) is 4.39 Å². The summed E-state index contributed by atoms with van der Waals surface area (Å²) < 4.78 is 14.4. The normalized spacial score (nSPS) is 14.6. The van der Waals surface area contributed by atoms with Crippen molar-refractivity contribution in [2.75, 3.05) is 0 Å². The molecule has 0 saturated heterocycles. The molecule has 1 aliphatic heterocycles. The molecule has 2 aromatic carbocycles. The van der Waals surface area contributed by atoms with Crippen molar-refractivity contribution in [2.24, 2.45) is 4.99 Å². The summed E-state index contributed by atoms with van der Waals surface area (Å²) >= 11 is 1.69. The van der Waals surface area contributed by atoms with Gasteiger partial charge in [0.25, 0.3) is 0 Å². The molecule has 0 aromatic heterocycles. The summed E-state index contributed by atoms with van der Waals surface area (Å²) in [6.07, 6.45) is 0. The summed E-state index contributed by atoms with van der Waals surface area (Å²) in [6.45, 7) is 5.95. The molecule has 2 aromatic rings. The Labute approximate surface area is 128 Å². The van der Waals surface area contributed by atoms with E-state index in [-0.39, 0.29) is 5.82 Å². The average Bonchev–Trinajstić information content (AvgIpc) is 2.57. The zero-order chi connectivity index (χ0) is 15.0. The number of rotatable bonds is 1. The van der Waals surface area contributed by atoms with Crippen LogP contribution >= 0.6 is 11.8 Å². The summed E-state index contributed by atoms with van der Waals surface area (Å²) in [6, 6.07) is 13.2. The molecular weight excluding hydrogens is 281 g/mol. The van der Waals surface area contributed by atoms with E-state index in [1.807, 2.05) is 38.1 Å². The third-order valence-electron chi connectivity index (χ3n) is 3.65. The number of hydrogen-bond acceptors (Lipinski definition) is 2. The maximum atomic E-state index is 14.4. The van der Waals surface area contributed by atoms with Crippen molar-refractivity contribution in [3.63, 3.8) is 0 Å². The molecule has 106 valence electrons. The van der Waals surface area contributed by atoms with Crippen LogP contribution in [-0.2, 0) is 0 Å². The van der Waals surface area contributed by atoms with Crippen LogP contribution in [0.5, 0.6) is 0 Å². The molecule has 0 unspecified atom stereocenters. The first kappa shape index (κ1) is 14.1. The van der Waals surface area contributed by atoms with E-state index < -0.39 is 0 Å². The van der Waals surface area contributed by atoms with E-state index >= 15 is 0 Å². The van der Waals surface area contributed by atoms with Gasteiger partial charge in [0.15, 0.2) is 0 Å². The third kappa shape index (κ3) is 2.54. The molecule has 21 heavy (non-hydrogen) atoms. The number of hydrogen-bond donors (Lipinski definition) is 0. The molecule has 0 amide bonds. The summed E-state index contributed by atoms with van der Waals surface area (Å²) in [4.78, 5) is 6.99. The van der Waals surface area contributed by atoms with Crippen LogP contribution in [0.4, 0.5) is 4.39 Å². The first-order valence-corrected chi connectivity index (χ1v) is 7.68. The summed E-state index contributed by atoms with van der Waals surface area (Å²) in [7, 11) is 0. The Morgan fingerprint density at radius 1 is 0.952 bits per heavy atom. The van der Waals surface area contributed by atoms with Crippen LogP contribution in [0.15, 0.2) is 63.0 Å². The van der Waals surface area contributed by atoms with Crippen LogP contribution in [0.2, 0.25) is 0 Å². The second-order valence-corrected chi connectivity index (χ2v) is 6.39. The van der Waals surface area contributed by atoms with Crippen LogP contribution in [0.3, 0.4) is 0 Å². The molecule has 0 atom stereocenters. The molecule has 0 N–H and O–H groups in total. The van der Waals surface area contributed by atoms with Crippen molar-refractivity contribution < 1.29 is 4.39 Å². The minimum Gasteiger partial charge on any atom is -0.252 e. The highest BCUT2D eigenvalue weighted by molar-refractivity contribution is 8.03. The first-order chi connectivity index (χ1) is 10.1. The zero-order valence-corrected chi connectivity index (χ0v) is 13.1. The third-order valence-corrected chi connectivity index (χ3v) is 4.83. The number of benzene rings is 2. The number of halogens is 1. The van der Waals surface area contributed by atoms with Gasteiger partial charge in [-0.15, -0.1) is 0 Å². The quantitative estimate of drug-likeness (QED) is 0.693.